The number of nitriles is 1. The molecule has 2 aromatic rings. The van der Waals surface area contributed by atoms with Gasteiger partial charge in [-0.2, -0.15) is 5.26 Å². The molecular formula is C15H13N3O3. The molecule has 0 bridgehead atoms. The van der Waals surface area contributed by atoms with Crippen LogP contribution < -0.4 is 10.6 Å². The highest BCUT2D eigenvalue weighted by atomic mass is 16.3. The zero-order valence-corrected chi connectivity index (χ0v) is 11.3. The molecule has 0 spiro atoms. The molecule has 0 atom stereocenters. The van der Waals surface area contributed by atoms with Crippen molar-refractivity contribution in [2.24, 2.45) is 0 Å². The molecule has 2 N–H and O–H groups in total. The Morgan fingerprint density at radius 1 is 1.19 bits per heavy atom. The van der Waals surface area contributed by atoms with Crippen molar-refractivity contribution in [1.29, 1.82) is 5.26 Å². The van der Waals surface area contributed by atoms with Gasteiger partial charge in [0.15, 0.2) is 5.76 Å². The molecule has 0 saturated heterocycles. The first-order valence-electron chi connectivity index (χ1n) is 6.23. The number of hydrogen-bond acceptors (Lipinski definition) is 4. The molecule has 1 aromatic carbocycles. The van der Waals surface area contributed by atoms with Crippen molar-refractivity contribution in [3.8, 4) is 6.07 Å². The molecule has 0 aliphatic heterocycles. The first kappa shape index (κ1) is 14.3. The monoisotopic (exact) mass is 283 g/mol. The van der Waals surface area contributed by atoms with Gasteiger partial charge < -0.3 is 15.1 Å². The maximum atomic E-state index is 11.9. The summed E-state index contributed by atoms with van der Waals surface area (Å²) < 4.78 is 5.02. The third kappa shape index (κ3) is 3.48. The summed E-state index contributed by atoms with van der Waals surface area (Å²) in [5.41, 5.74) is 1.81. The largest absolute Gasteiger partial charge is 0.459 e. The van der Waals surface area contributed by atoms with Crippen LogP contribution in [0.1, 0.15) is 22.5 Å². The normalized spacial score (nSPS) is 9.71. The fraction of sp³-hybridized carbons (Fsp3) is 0.133. The summed E-state index contributed by atoms with van der Waals surface area (Å²) in [4.78, 5) is 23.4. The van der Waals surface area contributed by atoms with Gasteiger partial charge in [0.1, 0.15) is 6.42 Å². The molecule has 106 valence electrons. The van der Waals surface area contributed by atoms with E-state index in [4.69, 9.17) is 9.68 Å². The van der Waals surface area contributed by atoms with E-state index in [-0.39, 0.29) is 18.1 Å². The Morgan fingerprint density at radius 2 is 1.90 bits per heavy atom. The van der Waals surface area contributed by atoms with E-state index in [2.05, 4.69) is 10.6 Å². The molecule has 2 amide bonds. The molecule has 0 aliphatic rings. The van der Waals surface area contributed by atoms with Gasteiger partial charge in [-0.3, -0.25) is 9.59 Å². The minimum absolute atomic E-state index is 0.202. The van der Waals surface area contributed by atoms with Crippen LogP contribution in [0.2, 0.25) is 0 Å². The van der Waals surface area contributed by atoms with Gasteiger partial charge in [0.25, 0.3) is 5.91 Å². The number of amides is 2. The summed E-state index contributed by atoms with van der Waals surface area (Å²) in [6, 6.07) is 10.1. The van der Waals surface area contributed by atoms with Crippen molar-refractivity contribution >= 4 is 23.2 Å². The van der Waals surface area contributed by atoms with E-state index in [0.29, 0.717) is 16.9 Å². The summed E-state index contributed by atoms with van der Waals surface area (Å²) in [5, 5.41) is 13.8. The molecule has 6 heteroatoms. The highest BCUT2D eigenvalue weighted by molar-refractivity contribution is 6.03. The van der Waals surface area contributed by atoms with Gasteiger partial charge in [-0.15, -0.1) is 0 Å². The fourth-order valence-electron chi connectivity index (χ4n) is 1.76. The molecule has 1 aromatic heterocycles. The number of benzene rings is 1. The molecule has 0 aliphatic carbocycles. The van der Waals surface area contributed by atoms with Gasteiger partial charge in [0.05, 0.1) is 12.3 Å². The van der Waals surface area contributed by atoms with Crippen molar-refractivity contribution in [1.82, 2.24) is 0 Å². The summed E-state index contributed by atoms with van der Waals surface area (Å²) >= 11 is 0. The van der Waals surface area contributed by atoms with Gasteiger partial charge in [-0.05, 0) is 36.8 Å². The number of hydrogen-bond donors (Lipinski definition) is 2. The zero-order chi connectivity index (χ0) is 15.2. The maximum absolute atomic E-state index is 11.9. The van der Waals surface area contributed by atoms with E-state index in [1.54, 1.807) is 43.3 Å². The Morgan fingerprint density at radius 3 is 2.52 bits per heavy atom. The van der Waals surface area contributed by atoms with E-state index in [0.717, 1.165) is 0 Å². The summed E-state index contributed by atoms with van der Waals surface area (Å²) in [5.74, 6) is -0.563. The van der Waals surface area contributed by atoms with E-state index in [1.165, 1.54) is 6.26 Å². The second-order valence-corrected chi connectivity index (χ2v) is 4.29. The maximum Gasteiger partial charge on any atom is 0.291 e. The predicted molar refractivity (Wildman–Crippen MR) is 76.7 cm³/mol. The molecule has 0 unspecified atom stereocenters. The minimum atomic E-state index is -0.393. The number of anilines is 2. The van der Waals surface area contributed by atoms with Crippen molar-refractivity contribution < 1.29 is 14.0 Å². The van der Waals surface area contributed by atoms with E-state index in [1.807, 2.05) is 0 Å². The molecule has 6 nitrogen and oxygen atoms in total. The predicted octanol–water partition coefficient (Wildman–Crippen LogP) is 2.69. The number of nitrogens with zero attached hydrogens (tertiary/aromatic N) is 1. The van der Waals surface area contributed by atoms with Gasteiger partial charge in [0, 0.05) is 11.4 Å². The Hall–Kier alpha value is -3.07. The van der Waals surface area contributed by atoms with Crippen LogP contribution in [-0.4, -0.2) is 11.8 Å². The van der Waals surface area contributed by atoms with Gasteiger partial charge in [-0.1, -0.05) is 6.07 Å². The van der Waals surface area contributed by atoms with Crippen LogP contribution in [0, 0.1) is 18.3 Å². The van der Waals surface area contributed by atoms with Crippen LogP contribution >= 0.6 is 0 Å². The third-order valence-corrected chi connectivity index (χ3v) is 2.84. The Bertz CT molecular complexity index is 699. The molecule has 1 heterocycles. The van der Waals surface area contributed by atoms with Crippen molar-refractivity contribution in [3.05, 3.63) is 47.9 Å². The molecule has 2 rings (SSSR count). The van der Waals surface area contributed by atoms with Crippen molar-refractivity contribution in [2.75, 3.05) is 10.6 Å². The topological polar surface area (TPSA) is 95.1 Å². The Kier molecular flexibility index (Phi) is 4.36. The standard InChI is InChI=1S/C15H13N3O3/c1-10-11(17-14(19)7-8-16)4-2-5-12(10)18-15(20)13-6-3-9-21-13/h2-6,9H,7H2,1H3,(H,17,19)(H,18,20). The SMILES string of the molecule is Cc1c(NC(=O)CC#N)cccc1NC(=O)c1ccco1. The smallest absolute Gasteiger partial charge is 0.291 e. The van der Waals surface area contributed by atoms with Crippen LogP contribution in [0.4, 0.5) is 11.4 Å². The first-order chi connectivity index (χ1) is 10.1. The molecular weight excluding hydrogens is 270 g/mol. The Labute approximate surface area is 121 Å². The average Bonchev–Trinajstić information content (AvgIpc) is 2.97. The molecule has 0 saturated carbocycles. The lowest BCUT2D eigenvalue weighted by atomic mass is 10.1. The highest BCUT2D eigenvalue weighted by Crippen LogP contribution is 2.24. The fourth-order valence-corrected chi connectivity index (χ4v) is 1.76. The first-order valence-corrected chi connectivity index (χ1v) is 6.23. The summed E-state index contributed by atoms with van der Waals surface area (Å²) in [6.07, 6.45) is 1.20. The average molecular weight is 283 g/mol. The number of rotatable bonds is 4. The van der Waals surface area contributed by atoms with Crippen LogP contribution in [0.3, 0.4) is 0 Å². The lowest BCUT2D eigenvalue weighted by Crippen LogP contribution is -2.14. The van der Waals surface area contributed by atoms with Gasteiger partial charge in [0.2, 0.25) is 5.91 Å². The number of carbonyl (C=O) groups is 2. The lowest BCUT2D eigenvalue weighted by molar-refractivity contribution is -0.115. The molecule has 0 fully saturated rings. The van der Waals surface area contributed by atoms with Crippen LogP contribution in [0.5, 0.6) is 0 Å². The lowest BCUT2D eigenvalue weighted by Gasteiger charge is -2.12. The second-order valence-electron chi connectivity index (χ2n) is 4.29. The van der Waals surface area contributed by atoms with Crippen molar-refractivity contribution in [2.45, 2.75) is 13.3 Å². The highest BCUT2D eigenvalue weighted by Gasteiger charge is 2.12. The number of nitrogens with one attached hydrogen (secondary N) is 2. The van der Waals surface area contributed by atoms with Crippen LogP contribution in [0.15, 0.2) is 41.0 Å². The van der Waals surface area contributed by atoms with Crippen LogP contribution in [-0.2, 0) is 4.79 Å². The van der Waals surface area contributed by atoms with Gasteiger partial charge in [-0.25, -0.2) is 0 Å². The second kappa shape index (κ2) is 6.39. The third-order valence-electron chi connectivity index (χ3n) is 2.84. The van der Waals surface area contributed by atoms with Gasteiger partial charge >= 0.3 is 0 Å². The van der Waals surface area contributed by atoms with E-state index in [9.17, 15) is 9.59 Å². The van der Waals surface area contributed by atoms with Crippen LogP contribution in [0.25, 0.3) is 0 Å². The Balaban J connectivity index is 2.16. The number of furan rings is 1. The molecule has 0 radical (unpaired) electrons. The summed E-state index contributed by atoms with van der Waals surface area (Å²) in [7, 11) is 0. The van der Waals surface area contributed by atoms with Crippen molar-refractivity contribution in [3.63, 3.8) is 0 Å². The quantitative estimate of drug-likeness (QED) is 0.901. The number of carbonyl (C=O) groups excluding carboxylic acids is 2. The minimum Gasteiger partial charge on any atom is -0.459 e. The molecule has 21 heavy (non-hydrogen) atoms. The summed E-state index contributed by atoms with van der Waals surface area (Å²) in [6.45, 7) is 1.76. The zero-order valence-electron chi connectivity index (χ0n) is 11.3. The van der Waals surface area contributed by atoms with E-state index >= 15 is 0 Å². The van der Waals surface area contributed by atoms with E-state index < -0.39 is 5.91 Å².